The first-order valence-corrected chi connectivity index (χ1v) is 10.7. The van der Waals surface area contributed by atoms with Crippen molar-refractivity contribution in [1.82, 2.24) is 0 Å². The van der Waals surface area contributed by atoms with E-state index in [-0.39, 0.29) is 12.2 Å². The van der Waals surface area contributed by atoms with E-state index in [9.17, 15) is 22.4 Å². The molecule has 0 amide bonds. The summed E-state index contributed by atoms with van der Waals surface area (Å²) in [5.74, 6) is -1.15. The Labute approximate surface area is 186 Å². The number of hydrogen-bond donors (Lipinski definition) is 0. The Morgan fingerprint density at radius 2 is 1.78 bits per heavy atom. The van der Waals surface area contributed by atoms with Crippen molar-refractivity contribution < 1.29 is 27.1 Å². The summed E-state index contributed by atoms with van der Waals surface area (Å²) in [5, 5.41) is 0.899. The topological polar surface area (TPSA) is 26.3 Å². The smallest absolute Gasteiger partial charge is 0.416 e. The van der Waals surface area contributed by atoms with E-state index in [0.29, 0.717) is 17.5 Å². The minimum atomic E-state index is -4.39. The number of ether oxygens (including phenoxy) is 1. The van der Waals surface area contributed by atoms with E-state index in [2.05, 4.69) is 0 Å². The van der Waals surface area contributed by atoms with Gasteiger partial charge in [-0.1, -0.05) is 36.4 Å². The molecule has 2 nitrogen and oxygen atoms in total. The maximum absolute atomic E-state index is 14.2. The van der Waals surface area contributed by atoms with Gasteiger partial charge < -0.3 is 4.74 Å². The molecule has 0 N–H and O–H groups in total. The highest BCUT2D eigenvalue weighted by Crippen LogP contribution is 2.37. The first-order valence-electron chi connectivity index (χ1n) is 9.90. The third-order valence-electron chi connectivity index (χ3n) is 4.95. The summed E-state index contributed by atoms with van der Waals surface area (Å²) in [7, 11) is 0. The van der Waals surface area contributed by atoms with Crippen molar-refractivity contribution >= 4 is 27.4 Å². The van der Waals surface area contributed by atoms with Crippen molar-refractivity contribution in [3.05, 3.63) is 94.1 Å². The molecule has 0 atom stereocenters. The molecule has 0 radical (unpaired) electrons. The van der Waals surface area contributed by atoms with Crippen LogP contribution in [0.15, 0.2) is 66.7 Å². The molecule has 0 spiro atoms. The quantitative estimate of drug-likeness (QED) is 0.229. The standard InChI is InChI=1S/C25H18F4O2S/c1-2-31-24(30)18-11-17(12-20(26)13-18)22-8-4-6-16-14-21(32-23(16)22)10-15-5-3-7-19(9-15)25(27,28)29/h3-9,11-14H,2,10H2,1H3. The number of esters is 1. The second-order valence-electron chi connectivity index (χ2n) is 7.26. The van der Waals surface area contributed by atoms with Gasteiger partial charge in [0.15, 0.2) is 0 Å². The summed E-state index contributed by atoms with van der Waals surface area (Å²) in [6.07, 6.45) is -4.04. The fraction of sp³-hybridized carbons (Fsp3) is 0.160. The van der Waals surface area contributed by atoms with E-state index in [1.807, 2.05) is 24.3 Å². The number of hydrogen-bond acceptors (Lipinski definition) is 3. The zero-order valence-electron chi connectivity index (χ0n) is 17.0. The van der Waals surface area contributed by atoms with E-state index in [1.165, 1.54) is 23.5 Å². The largest absolute Gasteiger partial charge is 0.462 e. The highest BCUT2D eigenvalue weighted by molar-refractivity contribution is 7.19. The lowest BCUT2D eigenvalue weighted by molar-refractivity contribution is -0.137. The average molecular weight is 458 g/mol. The van der Waals surface area contributed by atoms with Crippen LogP contribution < -0.4 is 0 Å². The zero-order chi connectivity index (χ0) is 22.9. The molecular formula is C25H18F4O2S. The Morgan fingerprint density at radius 1 is 1.00 bits per heavy atom. The van der Waals surface area contributed by atoms with E-state index in [1.54, 1.807) is 19.1 Å². The predicted molar refractivity (Wildman–Crippen MR) is 117 cm³/mol. The molecule has 0 saturated carbocycles. The number of carbonyl (C=O) groups excluding carboxylic acids is 1. The number of rotatable bonds is 5. The second kappa shape index (κ2) is 8.74. The van der Waals surface area contributed by atoms with Gasteiger partial charge in [0.2, 0.25) is 0 Å². The van der Waals surface area contributed by atoms with Crippen LogP contribution in [-0.4, -0.2) is 12.6 Å². The Morgan fingerprint density at radius 3 is 2.53 bits per heavy atom. The number of fused-ring (bicyclic) bond motifs is 1. The van der Waals surface area contributed by atoms with Gasteiger partial charge in [-0.15, -0.1) is 11.3 Å². The van der Waals surface area contributed by atoms with Gasteiger partial charge in [0.1, 0.15) is 5.82 Å². The van der Waals surface area contributed by atoms with Crippen molar-refractivity contribution in [3.8, 4) is 11.1 Å². The number of carbonyl (C=O) groups is 1. The van der Waals surface area contributed by atoms with Gasteiger partial charge in [0.25, 0.3) is 0 Å². The molecular weight excluding hydrogens is 440 g/mol. The molecule has 0 bridgehead atoms. The minimum Gasteiger partial charge on any atom is -0.462 e. The van der Waals surface area contributed by atoms with Crippen LogP contribution in [0.4, 0.5) is 17.6 Å². The van der Waals surface area contributed by atoms with Crippen molar-refractivity contribution in [2.24, 2.45) is 0 Å². The summed E-state index contributed by atoms with van der Waals surface area (Å²) < 4.78 is 59.2. The van der Waals surface area contributed by atoms with Gasteiger partial charge in [0.05, 0.1) is 17.7 Å². The molecule has 0 aliphatic carbocycles. The second-order valence-corrected chi connectivity index (χ2v) is 8.40. The van der Waals surface area contributed by atoms with E-state index in [4.69, 9.17) is 4.74 Å². The molecule has 4 rings (SSSR count). The fourth-order valence-electron chi connectivity index (χ4n) is 3.57. The molecule has 164 valence electrons. The number of thiophene rings is 1. The normalized spacial score (nSPS) is 11.7. The van der Waals surface area contributed by atoms with Crippen LogP contribution in [0.5, 0.6) is 0 Å². The van der Waals surface area contributed by atoms with Crippen LogP contribution >= 0.6 is 11.3 Å². The molecule has 0 aliphatic heterocycles. The van der Waals surface area contributed by atoms with Crippen LogP contribution in [0.25, 0.3) is 21.2 Å². The summed E-state index contributed by atoms with van der Waals surface area (Å²) in [4.78, 5) is 13.0. The van der Waals surface area contributed by atoms with Crippen molar-refractivity contribution in [3.63, 3.8) is 0 Å². The predicted octanol–water partition coefficient (Wildman–Crippen LogP) is 7.49. The number of halogens is 4. The maximum atomic E-state index is 14.2. The van der Waals surface area contributed by atoms with Gasteiger partial charge in [-0.3, -0.25) is 0 Å². The van der Waals surface area contributed by atoms with Gasteiger partial charge in [-0.2, -0.15) is 13.2 Å². The van der Waals surface area contributed by atoms with E-state index >= 15 is 0 Å². The maximum Gasteiger partial charge on any atom is 0.416 e. The molecule has 7 heteroatoms. The third-order valence-corrected chi connectivity index (χ3v) is 6.13. The Bertz CT molecular complexity index is 1290. The first-order chi connectivity index (χ1) is 15.2. The summed E-state index contributed by atoms with van der Waals surface area (Å²) in [5.41, 5.74) is 1.28. The molecule has 0 fully saturated rings. The van der Waals surface area contributed by atoms with Crippen LogP contribution in [0.2, 0.25) is 0 Å². The van der Waals surface area contributed by atoms with Gasteiger partial charge in [-0.05, 0) is 59.3 Å². The minimum absolute atomic E-state index is 0.125. The summed E-state index contributed by atoms with van der Waals surface area (Å²) in [6, 6.07) is 16.8. The van der Waals surface area contributed by atoms with Crippen molar-refractivity contribution in [2.75, 3.05) is 6.61 Å². The lowest BCUT2D eigenvalue weighted by Crippen LogP contribution is -2.05. The molecule has 0 aliphatic rings. The molecule has 3 aromatic carbocycles. The summed E-state index contributed by atoms with van der Waals surface area (Å²) >= 11 is 1.44. The monoisotopic (exact) mass is 458 g/mol. The first kappa shape index (κ1) is 22.0. The van der Waals surface area contributed by atoms with Crippen LogP contribution in [0.3, 0.4) is 0 Å². The lowest BCUT2D eigenvalue weighted by Gasteiger charge is -2.08. The molecule has 4 aromatic rings. The highest BCUT2D eigenvalue weighted by Gasteiger charge is 2.30. The van der Waals surface area contributed by atoms with Crippen LogP contribution in [0.1, 0.15) is 33.3 Å². The van der Waals surface area contributed by atoms with Crippen LogP contribution in [-0.2, 0) is 17.3 Å². The highest BCUT2D eigenvalue weighted by atomic mass is 32.1. The van der Waals surface area contributed by atoms with Gasteiger partial charge in [0, 0.05) is 16.0 Å². The molecule has 0 saturated heterocycles. The Kier molecular flexibility index (Phi) is 6.02. The molecule has 32 heavy (non-hydrogen) atoms. The lowest BCUT2D eigenvalue weighted by atomic mass is 10.0. The van der Waals surface area contributed by atoms with Crippen LogP contribution in [0, 0.1) is 5.82 Å². The Balaban J connectivity index is 1.72. The number of benzene rings is 3. The van der Waals surface area contributed by atoms with Crippen molar-refractivity contribution in [1.29, 1.82) is 0 Å². The van der Waals surface area contributed by atoms with Gasteiger partial charge in [-0.25, -0.2) is 9.18 Å². The SMILES string of the molecule is CCOC(=O)c1cc(F)cc(-c2cccc3cc(Cc4cccc(C(F)(F)F)c4)sc23)c1. The fourth-order valence-corrected chi connectivity index (χ4v) is 4.79. The summed E-state index contributed by atoms with van der Waals surface area (Å²) in [6.45, 7) is 1.86. The molecule has 1 heterocycles. The third kappa shape index (κ3) is 4.67. The Hall–Kier alpha value is -3.19. The zero-order valence-corrected chi connectivity index (χ0v) is 17.8. The number of alkyl halides is 3. The van der Waals surface area contributed by atoms with E-state index < -0.39 is 23.5 Å². The molecule has 0 unspecified atom stereocenters. The van der Waals surface area contributed by atoms with E-state index in [0.717, 1.165) is 38.7 Å². The molecule has 1 aromatic heterocycles. The average Bonchev–Trinajstić information content (AvgIpc) is 3.15. The van der Waals surface area contributed by atoms with Gasteiger partial charge >= 0.3 is 12.1 Å². The van der Waals surface area contributed by atoms with Crippen molar-refractivity contribution in [2.45, 2.75) is 19.5 Å².